The lowest BCUT2D eigenvalue weighted by Gasteiger charge is -2.24. The molecule has 94 valence electrons. The Bertz CT molecular complexity index is 259. The Hall–Kier alpha value is -1.18. The standard InChI is InChI=1S/C9H17NO6/c1-10(2,3)4-5-16-9(15)7(12)6(11)8(13)14/h6-7,11-12H,4-5H2,1-3H3/t6-,7+/m1/s1. The van der Waals surface area contributed by atoms with Gasteiger partial charge in [-0.3, -0.25) is 0 Å². The number of aliphatic carboxylic acids is 1. The van der Waals surface area contributed by atoms with Crippen LogP contribution in [-0.2, 0) is 14.3 Å². The van der Waals surface area contributed by atoms with Crippen LogP contribution in [0.2, 0.25) is 0 Å². The highest BCUT2D eigenvalue weighted by molar-refractivity contribution is 5.83. The highest BCUT2D eigenvalue weighted by atomic mass is 16.6. The Labute approximate surface area is 93.4 Å². The first-order valence-electron chi connectivity index (χ1n) is 4.69. The molecule has 0 aromatic heterocycles. The summed E-state index contributed by atoms with van der Waals surface area (Å²) in [5.41, 5.74) is 0. The number of ether oxygens (including phenoxy) is 1. The summed E-state index contributed by atoms with van der Waals surface area (Å²) in [4.78, 5) is 21.2. The molecule has 0 saturated carbocycles. The number of quaternary nitrogens is 1. The van der Waals surface area contributed by atoms with Crippen LogP contribution in [0.1, 0.15) is 0 Å². The van der Waals surface area contributed by atoms with Crippen molar-refractivity contribution in [3.63, 3.8) is 0 Å². The second-order valence-corrected chi connectivity index (χ2v) is 4.39. The van der Waals surface area contributed by atoms with Crippen molar-refractivity contribution in [2.24, 2.45) is 0 Å². The van der Waals surface area contributed by atoms with Gasteiger partial charge in [-0.2, -0.15) is 0 Å². The van der Waals surface area contributed by atoms with Crippen molar-refractivity contribution in [1.29, 1.82) is 0 Å². The quantitative estimate of drug-likeness (QED) is 0.369. The summed E-state index contributed by atoms with van der Waals surface area (Å²) in [5, 5.41) is 28.0. The number of hydrogen-bond donors (Lipinski definition) is 2. The Morgan fingerprint density at radius 2 is 1.75 bits per heavy atom. The minimum Gasteiger partial charge on any atom is -0.547 e. The molecule has 0 heterocycles. The van der Waals surface area contributed by atoms with Crippen molar-refractivity contribution in [3.8, 4) is 0 Å². The largest absolute Gasteiger partial charge is 0.547 e. The van der Waals surface area contributed by atoms with Crippen LogP contribution in [0, 0.1) is 0 Å². The number of aliphatic hydroxyl groups excluding tert-OH is 2. The van der Waals surface area contributed by atoms with E-state index in [0.717, 1.165) is 0 Å². The first kappa shape index (κ1) is 14.8. The van der Waals surface area contributed by atoms with Crippen molar-refractivity contribution in [2.45, 2.75) is 12.2 Å². The number of nitrogens with zero attached hydrogens (tertiary/aromatic N) is 1. The molecule has 0 unspecified atom stereocenters. The van der Waals surface area contributed by atoms with Gasteiger partial charge in [0.2, 0.25) is 0 Å². The molecule has 0 aromatic rings. The molecule has 0 rings (SSSR count). The number of hydrogen-bond acceptors (Lipinski definition) is 6. The maximum Gasteiger partial charge on any atom is 0.338 e. The van der Waals surface area contributed by atoms with E-state index in [1.807, 2.05) is 21.1 Å². The van der Waals surface area contributed by atoms with Crippen LogP contribution in [0.25, 0.3) is 0 Å². The van der Waals surface area contributed by atoms with Crippen molar-refractivity contribution in [2.75, 3.05) is 34.3 Å². The molecule has 16 heavy (non-hydrogen) atoms. The molecule has 2 N–H and O–H groups in total. The number of rotatable bonds is 6. The van der Waals surface area contributed by atoms with Crippen LogP contribution in [-0.4, -0.2) is 73.1 Å². The Balaban J connectivity index is 4.03. The Morgan fingerprint density at radius 3 is 2.12 bits per heavy atom. The number of likely N-dealkylation sites (N-methyl/N-ethyl adjacent to an activating group) is 1. The van der Waals surface area contributed by atoms with E-state index in [4.69, 9.17) is 10.2 Å². The minimum absolute atomic E-state index is 0.0269. The topological polar surface area (TPSA) is 107 Å². The van der Waals surface area contributed by atoms with Gasteiger partial charge >= 0.3 is 5.97 Å². The molecule has 0 aromatic carbocycles. The van der Waals surface area contributed by atoms with Gasteiger partial charge in [0, 0.05) is 0 Å². The van der Waals surface area contributed by atoms with Gasteiger partial charge in [-0.25, -0.2) is 4.79 Å². The molecule has 0 fully saturated rings. The lowest BCUT2D eigenvalue weighted by atomic mass is 10.2. The zero-order valence-corrected chi connectivity index (χ0v) is 9.54. The number of carbonyl (C=O) groups is 2. The van der Waals surface area contributed by atoms with Gasteiger partial charge in [0.15, 0.2) is 6.10 Å². The van der Waals surface area contributed by atoms with E-state index in [1.165, 1.54) is 0 Å². The van der Waals surface area contributed by atoms with Crippen LogP contribution < -0.4 is 5.11 Å². The van der Waals surface area contributed by atoms with Crippen LogP contribution in [0.15, 0.2) is 0 Å². The fourth-order valence-corrected chi connectivity index (χ4v) is 0.763. The van der Waals surface area contributed by atoms with Gasteiger partial charge in [0.25, 0.3) is 0 Å². The van der Waals surface area contributed by atoms with E-state index in [-0.39, 0.29) is 6.61 Å². The molecule has 2 atom stereocenters. The second-order valence-electron chi connectivity index (χ2n) is 4.39. The fraction of sp³-hybridized carbons (Fsp3) is 0.778. The second kappa shape index (κ2) is 5.78. The van der Waals surface area contributed by atoms with Crippen molar-refractivity contribution in [3.05, 3.63) is 0 Å². The molecule has 7 nitrogen and oxygen atoms in total. The van der Waals surface area contributed by atoms with Gasteiger partial charge in [0.1, 0.15) is 19.3 Å². The normalized spacial score (nSPS) is 15.3. The molecule has 0 aliphatic carbocycles. The monoisotopic (exact) mass is 235 g/mol. The number of carboxylic acid groups (broad SMARTS) is 1. The lowest BCUT2D eigenvalue weighted by molar-refractivity contribution is -0.870. The molecule has 0 aliphatic heterocycles. The zero-order valence-electron chi connectivity index (χ0n) is 9.54. The molecule has 0 spiro atoms. The first-order valence-corrected chi connectivity index (χ1v) is 4.69. The fourth-order valence-electron chi connectivity index (χ4n) is 0.763. The molecule has 0 amide bonds. The van der Waals surface area contributed by atoms with Gasteiger partial charge in [-0.1, -0.05) is 0 Å². The summed E-state index contributed by atoms with van der Waals surface area (Å²) in [6, 6.07) is 0. The maximum absolute atomic E-state index is 11.0. The van der Waals surface area contributed by atoms with E-state index in [2.05, 4.69) is 4.74 Å². The minimum atomic E-state index is -2.27. The highest BCUT2D eigenvalue weighted by Gasteiger charge is 2.27. The third-order valence-corrected chi connectivity index (χ3v) is 1.79. The predicted octanol–water partition coefficient (Wildman–Crippen LogP) is -3.29. The van der Waals surface area contributed by atoms with E-state index >= 15 is 0 Å². The van der Waals surface area contributed by atoms with E-state index in [1.54, 1.807) is 0 Å². The maximum atomic E-state index is 11.0. The summed E-state index contributed by atoms with van der Waals surface area (Å²) in [7, 11) is 5.63. The summed E-state index contributed by atoms with van der Waals surface area (Å²) in [6.07, 6.45) is -4.38. The lowest BCUT2D eigenvalue weighted by Crippen LogP contribution is -2.48. The van der Waals surface area contributed by atoms with E-state index < -0.39 is 24.1 Å². The highest BCUT2D eigenvalue weighted by Crippen LogP contribution is 1.97. The van der Waals surface area contributed by atoms with Crippen LogP contribution in [0.4, 0.5) is 0 Å². The van der Waals surface area contributed by atoms with Crippen LogP contribution >= 0.6 is 0 Å². The van der Waals surface area contributed by atoms with E-state index in [0.29, 0.717) is 11.0 Å². The molecule has 0 bridgehead atoms. The summed E-state index contributed by atoms with van der Waals surface area (Å²) >= 11 is 0. The number of carboxylic acids is 1. The summed E-state index contributed by atoms with van der Waals surface area (Å²) < 4.78 is 5.14. The van der Waals surface area contributed by atoms with Gasteiger partial charge in [-0.15, -0.1) is 0 Å². The summed E-state index contributed by atoms with van der Waals surface area (Å²) in [6.45, 7) is 0.527. The summed E-state index contributed by atoms with van der Waals surface area (Å²) in [5.74, 6) is -3.10. The number of carbonyl (C=O) groups excluding carboxylic acids is 2. The predicted molar refractivity (Wildman–Crippen MR) is 50.9 cm³/mol. The smallest absolute Gasteiger partial charge is 0.338 e. The van der Waals surface area contributed by atoms with Crippen LogP contribution in [0.3, 0.4) is 0 Å². The Morgan fingerprint density at radius 1 is 1.25 bits per heavy atom. The van der Waals surface area contributed by atoms with Gasteiger partial charge in [0.05, 0.1) is 27.1 Å². The Kier molecular flexibility index (Phi) is 5.36. The zero-order chi connectivity index (χ0) is 12.9. The van der Waals surface area contributed by atoms with Crippen LogP contribution in [0.5, 0.6) is 0 Å². The molecule has 0 radical (unpaired) electrons. The third kappa shape index (κ3) is 5.64. The van der Waals surface area contributed by atoms with Crippen molar-refractivity contribution < 1.29 is 34.1 Å². The average Bonchev–Trinajstić information content (AvgIpc) is 2.13. The first-order chi connectivity index (χ1) is 7.15. The van der Waals surface area contributed by atoms with E-state index in [9.17, 15) is 14.7 Å². The molecular weight excluding hydrogens is 218 g/mol. The van der Waals surface area contributed by atoms with Crippen molar-refractivity contribution in [1.82, 2.24) is 0 Å². The van der Waals surface area contributed by atoms with Gasteiger partial charge in [-0.05, 0) is 0 Å². The molecule has 0 aliphatic rings. The third-order valence-electron chi connectivity index (χ3n) is 1.79. The average molecular weight is 235 g/mol. The molecular formula is C9H17NO6. The van der Waals surface area contributed by atoms with Gasteiger partial charge < -0.3 is 29.3 Å². The molecule has 0 saturated heterocycles. The SMILES string of the molecule is C[N+](C)(C)CCOC(=O)[C@@H](O)[C@@H](O)C(=O)[O-]. The number of aliphatic hydroxyl groups is 2. The van der Waals surface area contributed by atoms with Crippen molar-refractivity contribution >= 4 is 11.9 Å². The number of esters is 1. The molecule has 7 heteroatoms.